The van der Waals surface area contributed by atoms with E-state index in [4.69, 9.17) is 9.47 Å². The molecule has 2 aromatic rings. The average molecular weight is 578 g/mol. The third kappa shape index (κ3) is 6.50. The number of anilines is 1. The maximum Gasteiger partial charge on any atom is 0.294 e. The number of carbonyl (C=O) groups is 4. The molecule has 0 radical (unpaired) electrons. The molecule has 188 valence electrons. The van der Waals surface area contributed by atoms with E-state index in [1.165, 1.54) is 24.3 Å². The number of thioether (sulfide) groups is 1. The Labute approximate surface area is 218 Å². The van der Waals surface area contributed by atoms with Gasteiger partial charge in [-0.25, -0.2) is 4.39 Å². The van der Waals surface area contributed by atoms with Gasteiger partial charge in [0.15, 0.2) is 6.61 Å². The van der Waals surface area contributed by atoms with Gasteiger partial charge in [-0.1, -0.05) is 6.07 Å². The van der Waals surface area contributed by atoms with Gasteiger partial charge in [-0.15, -0.1) is 0 Å². The molecule has 2 aliphatic heterocycles. The van der Waals surface area contributed by atoms with Crippen molar-refractivity contribution in [2.45, 2.75) is 0 Å². The van der Waals surface area contributed by atoms with Crippen LogP contribution >= 0.6 is 27.7 Å². The van der Waals surface area contributed by atoms with E-state index in [1.807, 2.05) is 0 Å². The van der Waals surface area contributed by atoms with Crippen molar-refractivity contribution in [3.05, 3.63) is 63.2 Å². The van der Waals surface area contributed by atoms with E-state index in [0.717, 1.165) is 16.7 Å². The Bertz CT molecular complexity index is 1220. The molecule has 2 saturated heterocycles. The van der Waals surface area contributed by atoms with E-state index in [2.05, 4.69) is 21.2 Å². The van der Waals surface area contributed by atoms with Gasteiger partial charge in [0.1, 0.15) is 18.1 Å². The minimum Gasteiger partial charge on any atom is -0.483 e. The van der Waals surface area contributed by atoms with Crippen LogP contribution in [-0.4, -0.2) is 72.2 Å². The quantitative estimate of drug-likeness (QED) is 0.502. The lowest BCUT2D eigenvalue weighted by Gasteiger charge is -2.28. The molecule has 2 aromatic carbocycles. The monoisotopic (exact) mass is 577 g/mol. The summed E-state index contributed by atoms with van der Waals surface area (Å²) in [6.45, 7) is 1.15. The minimum atomic E-state index is -0.527. The molecule has 0 aromatic heterocycles. The number of carbonyl (C=O) groups excluding carboxylic acids is 4. The van der Waals surface area contributed by atoms with Crippen molar-refractivity contribution >= 4 is 62.4 Å². The van der Waals surface area contributed by atoms with E-state index in [1.54, 1.807) is 29.2 Å². The van der Waals surface area contributed by atoms with E-state index in [0.29, 0.717) is 47.8 Å². The highest BCUT2D eigenvalue weighted by molar-refractivity contribution is 9.10. The minimum absolute atomic E-state index is 0.203. The third-order valence-corrected chi connectivity index (χ3v) is 6.80. The molecular weight excluding hydrogens is 557 g/mol. The van der Waals surface area contributed by atoms with Gasteiger partial charge in [0, 0.05) is 18.8 Å². The van der Waals surface area contributed by atoms with Crippen LogP contribution in [0.2, 0.25) is 0 Å². The molecule has 4 amide bonds. The Balaban J connectivity index is 1.34. The van der Waals surface area contributed by atoms with Crippen LogP contribution in [0.4, 0.5) is 14.9 Å². The van der Waals surface area contributed by atoms with Gasteiger partial charge >= 0.3 is 0 Å². The van der Waals surface area contributed by atoms with Crippen LogP contribution in [0.1, 0.15) is 5.56 Å². The number of nitrogens with one attached hydrogen (secondary N) is 1. The highest BCUT2D eigenvalue weighted by atomic mass is 79.9. The second-order valence-corrected chi connectivity index (χ2v) is 9.64. The predicted molar refractivity (Wildman–Crippen MR) is 135 cm³/mol. The molecule has 0 atom stereocenters. The first-order valence-corrected chi connectivity index (χ1v) is 12.5. The van der Waals surface area contributed by atoms with E-state index in [-0.39, 0.29) is 24.0 Å². The summed E-state index contributed by atoms with van der Waals surface area (Å²) in [6.07, 6.45) is 1.56. The fourth-order valence-electron chi connectivity index (χ4n) is 3.43. The van der Waals surface area contributed by atoms with E-state index in [9.17, 15) is 23.6 Å². The van der Waals surface area contributed by atoms with Gasteiger partial charge in [0.05, 0.1) is 22.6 Å². The molecule has 0 bridgehead atoms. The number of morpholine rings is 1. The van der Waals surface area contributed by atoms with Crippen LogP contribution in [0.3, 0.4) is 0 Å². The first-order valence-electron chi connectivity index (χ1n) is 10.9. The van der Waals surface area contributed by atoms with Gasteiger partial charge in [-0.2, -0.15) is 0 Å². The number of ether oxygens (including phenoxy) is 2. The molecule has 1 N–H and O–H groups in total. The Hall–Kier alpha value is -3.22. The average Bonchev–Trinajstić information content (AvgIpc) is 3.12. The van der Waals surface area contributed by atoms with Crippen LogP contribution in [0.25, 0.3) is 6.08 Å². The largest absolute Gasteiger partial charge is 0.483 e. The lowest BCUT2D eigenvalue weighted by Crippen LogP contribution is -2.46. The smallest absolute Gasteiger partial charge is 0.294 e. The topological polar surface area (TPSA) is 105 Å². The van der Waals surface area contributed by atoms with Crippen molar-refractivity contribution in [1.82, 2.24) is 9.80 Å². The van der Waals surface area contributed by atoms with Gasteiger partial charge in [0.25, 0.3) is 17.1 Å². The van der Waals surface area contributed by atoms with Crippen LogP contribution in [0.5, 0.6) is 5.75 Å². The number of hydrogen-bond donors (Lipinski definition) is 1. The molecule has 2 heterocycles. The summed E-state index contributed by atoms with van der Waals surface area (Å²) in [5, 5.41) is 2.10. The van der Waals surface area contributed by atoms with Crippen LogP contribution < -0.4 is 10.1 Å². The summed E-state index contributed by atoms with van der Waals surface area (Å²) < 4.78 is 24.3. The normalized spacial score (nSPS) is 17.0. The summed E-state index contributed by atoms with van der Waals surface area (Å²) in [6, 6.07) is 10.3. The Morgan fingerprint density at radius 3 is 2.56 bits per heavy atom. The van der Waals surface area contributed by atoms with Crippen LogP contribution in [0.15, 0.2) is 51.8 Å². The van der Waals surface area contributed by atoms with Crippen molar-refractivity contribution in [2.24, 2.45) is 0 Å². The van der Waals surface area contributed by atoms with E-state index < -0.39 is 22.9 Å². The fourth-order valence-corrected chi connectivity index (χ4v) is 4.78. The zero-order chi connectivity index (χ0) is 25.7. The maximum atomic E-state index is 13.0. The fraction of sp³-hybridized carbons (Fsp3) is 0.250. The highest BCUT2D eigenvalue weighted by Crippen LogP contribution is 2.34. The Morgan fingerprint density at radius 2 is 1.86 bits per heavy atom. The van der Waals surface area contributed by atoms with Crippen molar-refractivity contribution < 1.29 is 33.0 Å². The summed E-state index contributed by atoms with van der Waals surface area (Å²) in [5.41, 5.74) is 1.06. The highest BCUT2D eigenvalue weighted by Gasteiger charge is 2.37. The zero-order valence-corrected chi connectivity index (χ0v) is 21.3. The second kappa shape index (κ2) is 11.7. The van der Waals surface area contributed by atoms with Crippen LogP contribution in [0, 0.1) is 5.82 Å². The molecule has 0 saturated carbocycles. The zero-order valence-electron chi connectivity index (χ0n) is 18.9. The lowest BCUT2D eigenvalue weighted by molar-refractivity contribution is -0.139. The molecule has 2 aliphatic rings. The predicted octanol–water partition coefficient (Wildman–Crippen LogP) is 3.50. The maximum absolute atomic E-state index is 13.0. The first kappa shape index (κ1) is 25.9. The Kier molecular flexibility index (Phi) is 8.39. The second-order valence-electron chi connectivity index (χ2n) is 7.79. The molecular formula is C24H21BrFN3O6S. The summed E-state index contributed by atoms with van der Waals surface area (Å²) in [7, 11) is 0. The molecule has 4 rings (SSSR count). The third-order valence-electron chi connectivity index (χ3n) is 5.27. The van der Waals surface area contributed by atoms with Gasteiger partial charge in [-0.05, 0) is 75.7 Å². The molecule has 0 aliphatic carbocycles. The van der Waals surface area contributed by atoms with Crippen molar-refractivity contribution in [2.75, 3.05) is 44.8 Å². The number of nitrogens with zero attached hydrogens (tertiary/aromatic N) is 2. The van der Waals surface area contributed by atoms with Gasteiger partial charge in [-0.3, -0.25) is 24.1 Å². The van der Waals surface area contributed by atoms with E-state index >= 15 is 0 Å². The Morgan fingerprint density at radius 1 is 1.14 bits per heavy atom. The van der Waals surface area contributed by atoms with Crippen molar-refractivity contribution in [3.63, 3.8) is 0 Å². The van der Waals surface area contributed by atoms with Gasteiger partial charge < -0.3 is 19.7 Å². The first-order chi connectivity index (χ1) is 17.3. The molecule has 9 nitrogen and oxygen atoms in total. The summed E-state index contributed by atoms with van der Waals surface area (Å²) >= 11 is 4.15. The van der Waals surface area contributed by atoms with Gasteiger partial charge in [0.2, 0.25) is 5.91 Å². The molecule has 36 heavy (non-hydrogen) atoms. The number of benzene rings is 2. The summed E-state index contributed by atoms with van der Waals surface area (Å²) in [4.78, 5) is 52.4. The summed E-state index contributed by atoms with van der Waals surface area (Å²) in [5.74, 6) is -1.25. The van der Waals surface area contributed by atoms with Crippen molar-refractivity contribution in [1.29, 1.82) is 0 Å². The number of amides is 4. The van der Waals surface area contributed by atoms with Crippen molar-refractivity contribution in [3.8, 4) is 5.75 Å². The molecule has 12 heteroatoms. The lowest BCUT2D eigenvalue weighted by atomic mass is 10.2. The van der Waals surface area contributed by atoms with Crippen LogP contribution in [-0.2, 0) is 19.1 Å². The number of halogens is 2. The SMILES string of the molecule is O=C(COc1ccc(/C=C2/SC(=O)N(CC(=O)N3CCOCC3)C2=O)cc1Br)Nc1ccc(F)cc1. The molecule has 2 fully saturated rings. The number of rotatable bonds is 7. The number of imide groups is 1. The molecule has 0 spiro atoms. The standard InChI is InChI=1S/C24H21BrFN3O6S/c25-18-11-15(1-6-19(18)35-14-21(30)27-17-4-2-16(26)3-5-17)12-20-23(32)29(24(33)36-20)13-22(31)28-7-9-34-10-8-28/h1-6,11-12H,7-10,13-14H2,(H,27,30)/b20-12+. The number of hydrogen-bond acceptors (Lipinski definition) is 7. The molecule has 0 unspecified atom stereocenters.